The first-order valence-corrected chi connectivity index (χ1v) is 15.2. The maximum absolute atomic E-state index is 14.7. The van der Waals surface area contributed by atoms with Crippen LogP contribution >= 0.6 is 0 Å². The summed E-state index contributed by atoms with van der Waals surface area (Å²) >= 11 is 0. The lowest BCUT2D eigenvalue weighted by atomic mass is 9.49. The van der Waals surface area contributed by atoms with E-state index in [9.17, 15) is 19.2 Å². The fourth-order valence-electron chi connectivity index (χ4n) is 8.27. The first-order valence-electron chi connectivity index (χ1n) is 15.2. The monoisotopic (exact) mass is 571 g/mol. The van der Waals surface area contributed by atoms with Crippen LogP contribution < -0.4 is 15.1 Å². The summed E-state index contributed by atoms with van der Waals surface area (Å²) in [4.78, 5) is 58.7. The van der Waals surface area contributed by atoms with Crippen molar-refractivity contribution in [3.63, 3.8) is 0 Å². The number of hydrogen-bond acceptors (Lipinski definition) is 5. The number of hydrogen-bond donors (Lipinski definition) is 1. The van der Waals surface area contributed by atoms with Crippen molar-refractivity contribution in [2.75, 3.05) is 22.9 Å². The second-order valence-electron chi connectivity index (χ2n) is 14.0. The lowest BCUT2D eigenvalue weighted by Gasteiger charge is -2.56. The number of para-hydroxylation sites is 2. The van der Waals surface area contributed by atoms with Crippen LogP contribution in [0.2, 0.25) is 0 Å². The van der Waals surface area contributed by atoms with Gasteiger partial charge in [0.05, 0.1) is 29.9 Å². The van der Waals surface area contributed by atoms with Crippen LogP contribution in [0, 0.1) is 30.1 Å². The Balaban J connectivity index is 1.39. The van der Waals surface area contributed by atoms with Gasteiger partial charge in [-0.1, -0.05) is 36.4 Å². The van der Waals surface area contributed by atoms with Crippen LogP contribution in [0.1, 0.15) is 75.2 Å². The predicted molar refractivity (Wildman–Crippen MR) is 160 cm³/mol. The Bertz CT molecular complexity index is 1390. The summed E-state index contributed by atoms with van der Waals surface area (Å²) in [6.45, 7) is 6.90. The van der Waals surface area contributed by atoms with Gasteiger partial charge >= 0.3 is 6.09 Å². The molecule has 0 aromatic heterocycles. The number of anilines is 2. The highest BCUT2D eigenvalue weighted by Crippen LogP contribution is 2.61. The normalized spacial score (nSPS) is 28.2. The summed E-state index contributed by atoms with van der Waals surface area (Å²) in [6, 6.07) is 13.5. The average Bonchev–Trinajstić information content (AvgIpc) is 3.02. The zero-order valence-electron chi connectivity index (χ0n) is 25.0. The van der Waals surface area contributed by atoms with Crippen molar-refractivity contribution >= 4 is 35.1 Å². The van der Waals surface area contributed by atoms with Gasteiger partial charge in [-0.05, 0) is 102 Å². The van der Waals surface area contributed by atoms with E-state index >= 15 is 0 Å². The Morgan fingerprint density at radius 2 is 1.48 bits per heavy atom. The number of benzene rings is 2. The molecule has 7 rings (SSSR count). The van der Waals surface area contributed by atoms with Crippen molar-refractivity contribution in [3.05, 3.63) is 59.7 Å². The van der Waals surface area contributed by atoms with Gasteiger partial charge in [-0.25, -0.2) is 4.79 Å². The number of rotatable bonds is 5. The quantitative estimate of drug-likeness (QED) is 0.467. The first kappa shape index (κ1) is 28.4. The highest BCUT2D eigenvalue weighted by molar-refractivity contribution is 6.13. The van der Waals surface area contributed by atoms with Crippen LogP contribution in [-0.2, 0) is 14.3 Å². The number of aryl methyl sites for hydroxylation is 1. The van der Waals surface area contributed by atoms with Crippen molar-refractivity contribution in [1.82, 2.24) is 5.32 Å². The molecule has 2 aromatic carbocycles. The van der Waals surface area contributed by atoms with Crippen LogP contribution in [0.5, 0.6) is 0 Å². The molecule has 2 aromatic rings. The lowest BCUT2D eigenvalue weighted by Crippen LogP contribution is -2.58. The number of nitrogens with zero attached hydrogens (tertiary/aromatic N) is 2. The van der Waals surface area contributed by atoms with Crippen LogP contribution in [0.15, 0.2) is 48.5 Å². The maximum Gasteiger partial charge on any atom is 0.408 e. The first-order chi connectivity index (χ1) is 19.9. The van der Waals surface area contributed by atoms with E-state index in [4.69, 9.17) is 4.74 Å². The number of ether oxygens (including phenoxy) is 1. The standard InChI is InChI=1S/C34H41N3O5/c1-21-9-5-6-10-25(21)29(38)20-36-27-11-7-8-12-28(27)37(19-26(30(36)39)35-32(41)42-33(2,3)4)31(40)34-16-22-13-23(17-34)15-24(14-22)18-34/h5-12,22-24,26H,13-20H2,1-4H3,(H,35,41). The second kappa shape index (κ2) is 10.5. The minimum absolute atomic E-state index is 0.0231. The molecule has 222 valence electrons. The average molecular weight is 572 g/mol. The number of nitrogens with one attached hydrogen (secondary N) is 1. The van der Waals surface area contributed by atoms with E-state index in [0.717, 1.165) is 24.8 Å². The van der Waals surface area contributed by atoms with E-state index in [2.05, 4.69) is 5.32 Å². The molecular weight excluding hydrogens is 530 g/mol. The van der Waals surface area contributed by atoms with E-state index < -0.39 is 29.1 Å². The molecule has 4 fully saturated rings. The number of carbonyl (C=O) groups is 4. The fraction of sp³-hybridized carbons (Fsp3) is 0.529. The highest BCUT2D eigenvalue weighted by Gasteiger charge is 2.56. The molecule has 4 aliphatic carbocycles. The molecule has 0 saturated heterocycles. The van der Waals surface area contributed by atoms with Gasteiger partial charge in [0.15, 0.2) is 5.78 Å². The van der Waals surface area contributed by atoms with Crippen molar-refractivity contribution in [2.24, 2.45) is 23.2 Å². The minimum atomic E-state index is -1.09. The summed E-state index contributed by atoms with van der Waals surface area (Å²) in [5.41, 5.74) is 1.22. The topological polar surface area (TPSA) is 96.0 Å². The molecular formula is C34H41N3O5. The minimum Gasteiger partial charge on any atom is -0.444 e. The molecule has 4 bridgehead atoms. The molecule has 1 heterocycles. The smallest absolute Gasteiger partial charge is 0.408 e. The van der Waals surface area contributed by atoms with Crippen molar-refractivity contribution in [2.45, 2.75) is 77.9 Å². The molecule has 8 heteroatoms. The molecule has 4 saturated carbocycles. The number of amides is 3. The highest BCUT2D eigenvalue weighted by atomic mass is 16.6. The van der Waals surface area contributed by atoms with E-state index in [1.807, 2.05) is 37.3 Å². The second-order valence-corrected chi connectivity index (χ2v) is 14.0. The number of carbonyl (C=O) groups excluding carboxylic acids is 4. The van der Waals surface area contributed by atoms with Gasteiger partial charge in [0.1, 0.15) is 11.6 Å². The zero-order valence-corrected chi connectivity index (χ0v) is 25.0. The Labute approximate surface area is 247 Å². The maximum atomic E-state index is 14.7. The van der Waals surface area contributed by atoms with Crippen molar-refractivity contribution in [3.8, 4) is 0 Å². The van der Waals surface area contributed by atoms with Gasteiger partial charge in [0, 0.05) is 5.56 Å². The van der Waals surface area contributed by atoms with Gasteiger partial charge in [0.2, 0.25) is 5.91 Å². The molecule has 1 unspecified atom stereocenters. The van der Waals surface area contributed by atoms with Crippen LogP contribution in [0.25, 0.3) is 0 Å². The molecule has 0 spiro atoms. The largest absolute Gasteiger partial charge is 0.444 e. The molecule has 0 radical (unpaired) electrons. The van der Waals surface area contributed by atoms with Crippen LogP contribution in [0.4, 0.5) is 16.2 Å². The Morgan fingerprint density at radius 1 is 0.905 bits per heavy atom. The van der Waals surface area contributed by atoms with Crippen molar-refractivity contribution < 1.29 is 23.9 Å². The third kappa shape index (κ3) is 5.32. The molecule has 3 amide bonds. The Kier molecular flexibility index (Phi) is 7.14. The molecule has 1 aliphatic heterocycles. The van der Waals surface area contributed by atoms with Gasteiger partial charge in [-0.2, -0.15) is 0 Å². The summed E-state index contributed by atoms with van der Waals surface area (Å²) in [5, 5.41) is 2.76. The Hall–Kier alpha value is -3.68. The van der Waals surface area contributed by atoms with Crippen LogP contribution in [-0.4, -0.2) is 48.4 Å². The van der Waals surface area contributed by atoms with E-state index in [1.165, 1.54) is 24.2 Å². The van der Waals surface area contributed by atoms with E-state index in [0.29, 0.717) is 34.7 Å². The molecule has 5 aliphatic rings. The van der Waals surface area contributed by atoms with E-state index in [1.54, 1.807) is 43.9 Å². The van der Waals surface area contributed by atoms with Crippen molar-refractivity contribution in [1.29, 1.82) is 0 Å². The number of Topliss-reactive ketones (excluding diaryl/α,β-unsaturated/α-hetero) is 1. The number of alkyl carbamates (subject to hydrolysis) is 1. The predicted octanol–water partition coefficient (Wildman–Crippen LogP) is 5.67. The van der Waals surface area contributed by atoms with Crippen LogP contribution in [0.3, 0.4) is 0 Å². The summed E-state index contributed by atoms with van der Waals surface area (Å²) < 4.78 is 5.51. The number of ketones is 1. The van der Waals surface area contributed by atoms with Gasteiger partial charge in [-0.3, -0.25) is 14.4 Å². The third-order valence-electron chi connectivity index (χ3n) is 9.57. The Morgan fingerprint density at radius 3 is 2.07 bits per heavy atom. The fourth-order valence-corrected chi connectivity index (χ4v) is 8.27. The molecule has 1 N–H and O–H groups in total. The third-order valence-corrected chi connectivity index (χ3v) is 9.57. The molecule has 1 atom stereocenters. The SMILES string of the molecule is Cc1ccccc1C(=O)CN1C(=O)C(NC(=O)OC(C)(C)C)CN(C(=O)C23CC4CC(CC(C4)C2)C3)c2ccccc21. The van der Waals surface area contributed by atoms with Gasteiger partial charge < -0.3 is 19.9 Å². The van der Waals surface area contributed by atoms with Gasteiger partial charge in [0.25, 0.3) is 5.91 Å². The van der Waals surface area contributed by atoms with E-state index in [-0.39, 0.29) is 24.8 Å². The number of fused-ring (bicyclic) bond motifs is 1. The summed E-state index contributed by atoms with van der Waals surface area (Å²) in [6.07, 6.45) is 5.52. The van der Waals surface area contributed by atoms with Gasteiger partial charge in [-0.15, -0.1) is 0 Å². The molecule has 42 heavy (non-hydrogen) atoms. The summed E-state index contributed by atoms with van der Waals surface area (Å²) in [7, 11) is 0. The molecule has 8 nitrogen and oxygen atoms in total. The zero-order chi connectivity index (χ0) is 29.8. The lowest BCUT2D eigenvalue weighted by molar-refractivity contribution is -0.143. The summed E-state index contributed by atoms with van der Waals surface area (Å²) in [5.74, 6) is 1.09.